The molecule has 2 amide bonds. The largest absolute Gasteiger partial charge is 0.443 e. The molecule has 3 heterocycles. The molecule has 1 aliphatic heterocycles. The van der Waals surface area contributed by atoms with Gasteiger partial charge in [0.2, 0.25) is 0 Å². The SMILES string of the molecule is CN1C(=O)C(c2cn(C(=O)OC(C)(C)C)c3ccccc23)=C(c2cn(C(=O)OC(C)(C)C)c3ccccc23)C1=O. The van der Waals surface area contributed by atoms with Gasteiger partial charge in [-0.25, -0.2) is 9.59 Å². The second kappa shape index (κ2) is 9.22. The Kier molecular flexibility index (Phi) is 6.21. The van der Waals surface area contributed by atoms with Gasteiger partial charge in [-0.15, -0.1) is 0 Å². The Morgan fingerprint density at radius 2 is 0.975 bits per heavy atom. The van der Waals surface area contributed by atoms with Crippen molar-refractivity contribution in [1.29, 1.82) is 0 Å². The topological polar surface area (TPSA) is 99.8 Å². The van der Waals surface area contributed by atoms with Gasteiger partial charge in [0.15, 0.2) is 0 Å². The van der Waals surface area contributed by atoms with E-state index in [4.69, 9.17) is 9.47 Å². The van der Waals surface area contributed by atoms with Gasteiger partial charge in [0, 0.05) is 41.3 Å². The number of aromatic nitrogens is 2. The van der Waals surface area contributed by atoms with Crippen LogP contribution in [0.1, 0.15) is 52.7 Å². The van der Waals surface area contributed by atoms with E-state index < -0.39 is 35.2 Å². The van der Waals surface area contributed by atoms with Crippen molar-refractivity contribution >= 4 is 57.0 Å². The second-order valence-electron chi connectivity index (χ2n) is 11.7. The van der Waals surface area contributed by atoms with Crippen LogP contribution in [0, 0.1) is 0 Å². The summed E-state index contributed by atoms with van der Waals surface area (Å²) in [6.45, 7) is 10.6. The number of carbonyl (C=O) groups is 4. The Morgan fingerprint density at radius 1 is 0.625 bits per heavy atom. The number of nitrogens with zero attached hydrogens (tertiary/aromatic N) is 3. The van der Waals surface area contributed by atoms with Crippen molar-refractivity contribution < 1.29 is 28.7 Å². The second-order valence-corrected chi connectivity index (χ2v) is 11.7. The smallest absolute Gasteiger partial charge is 0.419 e. The first-order valence-electron chi connectivity index (χ1n) is 12.9. The van der Waals surface area contributed by atoms with E-state index in [0.29, 0.717) is 32.9 Å². The predicted octanol–water partition coefficient (Wildman–Crippen LogP) is 6.07. The lowest BCUT2D eigenvalue weighted by Gasteiger charge is -2.19. The summed E-state index contributed by atoms with van der Waals surface area (Å²) in [4.78, 5) is 54.6. The molecule has 1 aliphatic rings. The number of rotatable bonds is 2. The lowest BCUT2D eigenvalue weighted by atomic mass is 9.95. The highest BCUT2D eigenvalue weighted by atomic mass is 16.6. The van der Waals surface area contributed by atoms with E-state index in [9.17, 15) is 19.2 Å². The number of likely N-dealkylation sites (N-methyl/N-ethyl adjacent to an activating group) is 1. The molecule has 2 aromatic heterocycles. The normalized spacial score (nSPS) is 14.5. The van der Waals surface area contributed by atoms with Gasteiger partial charge in [0.25, 0.3) is 11.8 Å². The van der Waals surface area contributed by atoms with Gasteiger partial charge in [0.1, 0.15) is 11.2 Å². The number of hydrogen-bond acceptors (Lipinski definition) is 6. The Balaban J connectivity index is 1.79. The average Bonchev–Trinajstić information content (AvgIpc) is 3.49. The molecule has 0 bridgehead atoms. The van der Waals surface area contributed by atoms with Gasteiger partial charge >= 0.3 is 12.2 Å². The fourth-order valence-corrected chi connectivity index (χ4v) is 4.82. The molecule has 206 valence electrons. The number of benzene rings is 2. The van der Waals surface area contributed by atoms with E-state index in [2.05, 4.69) is 0 Å². The molecule has 0 unspecified atom stereocenters. The van der Waals surface area contributed by atoms with Crippen molar-refractivity contribution in [3.63, 3.8) is 0 Å². The third-order valence-corrected chi connectivity index (χ3v) is 6.43. The summed E-state index contributed by atoms with van der Waals surface area (Å²) in [7, 11) is 1.41. The quantitative estimate of drug-likeness (QED) is 0.286. The molecule has 0 saturated carbocycles. The highest BCUT2D eigenvalue weighted by Gasteiger charge is 2.40. The van der Waals surface area contributed by atoms with Crippen molar-refractivity contribution in [2.75, 3.05) is 7.05 Å². The molecule has 9 heteroatoms. The van der Waals surface area contributed by atoms with Crippen molar-refractivity contribution in [3.8, 4) is 0 Å². The number of amides is 2. The van der Waals surface area contributed by atoms with Gasteiger partial charge in [-0.3, -0.25) is 23.6 Å². The highest BCUT2D eigenvalue weighted by molar-refractivity contribution is 6.50. The Bertz CT molecular complexity index is 1630. The van der Waals surface area contributed by atoms with E-state index in [-0.39, 0.29) is 11.1 Å². The average molecular weight is 542 g/mol. The molecule has 40 heavy (non-hydrogen) atoms. The monoisotopic (exact) mass is 541 g/mol. The van der Waals surface area contributed by atoms with Crippen LogP contribution in [0.5, 0.6) is 0 Å². The van der Waals surface area contributed by atoms with E-state index in [0.717, 1.165) is 4.90 Å². The Hall–Kier alpha value is -4.66. The molecule has 0 aliphatic carbocycles. The molecule has 2 aromatic carbocycles. The summed E-state index contributed by atoms with van der Waals surface area (Å²) in [5, 5.41) is 1.21. The summed E-state index contributed by atoms with van der Waals surface area (Å²) in [6.07, 6.45) is 1.85. The van der Waals surface area contributed by atoms with E-state index in [1.165, 1.54) is 28.6 Å². The third kappa shape index (κ3) is 4.57. The molecule has 9 nitrogen and oxygen atoms in total. The number of para-hydroxylation sites is 2. The van der Waals surface area contributed by atoms with Crippen LogP contribution in [0.15, 0.2) is 60.9 Å². The molecule has 0 saturated heterocycles. The molecule has 0 N–H and O–H groups in total. The van der Waals surface area contributed by atoms with Gasteiger partial charge in [-0.2, -0.15) is 0 Å². The molecular weight excluding hydrogens is 510 g/mol. The maximum atomic E-state index is 13.6. The molecule has 4 aromatic rings. The molecule has 5 rings (SSSR count). The zero-order valence-electron chi connectivity index (χ0n) is 23.6. The van der Waals surface area contributed by atoms with Crippen LogP contribution >= 0.6 is 0 Å². The Morgan fingerprint density at radius 3 is 1.32 bits per heavy atom. The molecule has 0 fully saturated rings. The van der Waals surface area contributed by atoms with Crippen LogP contribution in [-0.4, -0.2) is 56.3 Å². The number of carbonyl (C=O) groups excluding carboxylic acids is 4. The number of fused-ring (bicyclic) bond motifs is 2. The predicted molar refractivity (Wildman–Crippen MR) is 152 cm³/mol. The summed E-state index contributed by atoms with van der Waals surface area (Å²) < 4.78 is 13.9. The first kappa shape index (κ1) is 26.9. The number of imide groups is 1. The molecule has 0 atom stereocenters. The highest BCUT2D eigenvalue weighted by Crippen LogP contribution is 2.41. The van der Waals surface area contributed by atoms with Crippen LogP contribution in [0.2, 0.25) is 0 Å². The van der Waals surface area contributed by atoms with Crippen LogP contribution in [-0.2, 0) is 19.1 Å². The lowest BCUT2D eigenvalue weighted by molar-refractivity contribution is -0.134. The zero-order valence-corrected chi connectivity index (χ0v) is 23.6. The molecule has 0 radical (unpaired) electrons. The van der Waals surface area contributed by atoms with Gasteiger partial charge < -0.3 is 9.47 Å². The van der Waals surface area contributed by atoms with Crippen LogP contribution < -0.4 is 0 Å². The maximum absolute atomic E-state index is 13.6. The molecule has 0 spiro atoms. The standard InChI is InChI=1S/C31H31N3O6/c1-30(2,3)39-28(37)33-16-20(18-12-8-10-14-22(18)33)24-25(27(36)32(7)26(24)35)21-17-34(29(38)40-31(4,5)6)23-15-11-9-13-19(21)23/h8-17H,1-7H3. The minimum atomic E-state index is -0.740. The minimum absolute atomic E-state index is 0.137. The molecular formula is C31H31N3O6. The summed E-state index contributed by atoms with van der Waals surface area (Å²) in [6, 6.07) is 14.2. The van der Waals surface area contributed by atoms with Crippen molar-refractivity contribution in [2.24, 2.45) is 0 Å². The number of hydrogen-bond donors (Lipinski definition) is 0. The van der Waals surface area contributed by atoms with Crippen molar-refractivity contribution in [3.05, 3.63) is 72.1 Å². The summed E-state index contributed by atoms with van der Waals surface area (Å²) in [5.74, 6) is -1.03. The third-order valence-electron chi connectivity index (χ3n) is 6.43. The van der Waals surface area contributed by atoms with Gasteiger partial charge in [-0.05, 0) is 53.7 Å². The maximum Gasteiger partial charge on any atom is 0.419 e. The van der Waals surface area contributed by atoms with Crippen LogP contribution in [0.25, 0.3) is 33.0 Å². The minimum Gasteiger partial charge on any atom is -0.443 e. The van der Waals surface area contributed by atoms with Gasteiger partial charge in [0.05, 0.1) is 22.2 Å². The fraction of sp³-hybridized carbons (Fsp3) is 0.290. The van der Waals surface area contributed by atoms with E-state index in [1.54, 1.807) is 90.1 Å². The van der Waals surface area contributed by atoms with Gasteiger partial charge in [-0.1, -0.05) is 36.4 Å². The zero-order chi connectivity index (χ0) is 29.1. The van der Waals surface area contributed by atoms with Crippen LogP contribution in [0.4, 0.5) is 9.59 Å². The first-order valence-corrected chi connectivity index (χ1v) is 12.9. The number of ether oxygens (including phenoxy) is 2. The van der Waals surface area contributed by atoms with E-state index >= 15 is 0 Å². The van der Waals surface area contributed by atoms with Crippen LogP contribution in [0.3, 0.4) is 0 Å². The van der Waals surface area contributed by atoms with Crippen molar-refractivity contribution in [1.82, 2.24) is 14.0 Å². The van der Waals surface area contributed by atoms with E-state index in [1.807, 2.05) is 0 Å². The summed E-state index contributed by atoms with van der Waals surface area (Å²) in [5.41, 5.74) is 0.679. The first-order chi connectivity index (χ1) is 18.7. The summed E-state index contributed by atoms with van der Waals surface area (Å²) >= 11 is 0. The lowest BCUT2D eigenvalue weighted by Crippen LogP contribution is -2.27. The van der Waals surface area contributed by atoms with Crippen molar-refractivity contribution in [2.45, 2.75) is 52.7 Å². The fourth-order valence-electron chi connectivity index (χ4n) is 4.82. The Labute approximate surface area is 231 Å².